The number of rotatable bonds is 6. The molecule has 1 amide bonds. The Morgan fingerprint density at radius 2 is 1.69 bits per heavy atom. The van der Waals surface area contributed by atoms with Crippen molar-refractivity contribution in [1.82, 2.24) is 0 Å². The second kappa shape index (κ2) is 9.02. The van der Waals surface area contributed by atoms with Crippen molar-refractivity contribution >= 4 is 28.1 Å². The predicted molar refractivity (Wildman–Crippen MR) is 128 cm³/mol. The number of carbonyl (C=O) groups excluding carboxylic acids is 1. The number of aryl methyl sites for hydroxylation is 1. The van der Waals surface area contributed by atoms with Crippen molar-refractivity contribution in [2.24, 2.45) is 0 Å². The minimum atomic E-state index is -0.222. The minimum absolute atomic E-state index is 0.222. The van der Waals surface area contributed by atoms with Crippen LogP contribution in [0.4, 0.5) is 5.69 Å². The van der Waals surface area contributed by atoms with Crippen molar-refractivity contribution in [2.75, 3.05) is 19.5 Å². The number of furan rings is 1. The van der Waals surface area contributed by atoms with Crippen LogP contribution in [0.15, 0.2) is 77.4 Å². The smallest absolute Gasteiger partial charge is 0.248 e. The molecule has 5 heteroatoms. The molecular formula is C27H25NO4. The van der Waals surface area contributed by atoms with Crippen LogP contribution in [0.1, 0.15) is 18.1 Å². The first-order chi connectivity index (χ1) is 15.5. The molecule has 0 atom stereocenters. The van der Waals surface area contributed by atoms with E-state index in [0.717, 1.165) is 39.0 Å². The zero-order valence-corrected chi connectivity index (χ0v) is 18.6. The average Bonchev–Trinajstić information content (AvgIpc) is 3.22. The molecule has 1 N–H and O–H groups in total. The number of amides is 1. The number of hydrogen-bond acceptors (Lipinski definition) is 4. The van der Waals surface area contributed by atoms with E-state index in [-0.39, 0.29) is 5.91 Å². The third-order valence-electron chi connectivity index (χ3n) is 5.39. The summed E-state index contributed by atoms with van der Waals surface area (Å²) < 4.78 is 16.5. The molecule has 0 aliphatic heterocycles. The number of nitrogens with one attached hydrogen (secondary N) is 1. The maximum absolute atomic E-state index is 12.6. The van der Waals surface area contributed by atoms with Gasteiger partial charge in [0.2, 0.25) is 5.91 Å². The molecule has 1 heterocycles. The van der Waals surface area contributed by atoms with Gasteiger partial charge in [0, 0.05) is 34.3 Å². The predicted octanol–water partition coefficient (Wildman–Crippen LogP) is 6.47. The summed E-state index contributed by atoms with van der Waals surface area (Å²) >= 11 is 0. The Hall–Kier alpha value is -3.99. The molecule has 0 bridgehead atoms. The Morgan fingerprint density at radius 1 is 0.969 bits per heavy atom. The topological polar surface area (TPSA) is 60.7 Å². The maximum Gasteiger partial charge on any atom is 0.248 e. The summed E-state index contributed by atoms with van der Waals surface area (Å²) in [5.74, 6) is 1.16. The van der Waals surface area contributed by atoms with Gasteiger partial charge in [-0.3, -0.25) is 4.79 Å². The van der Waals surface area contributed by atoms with Crippen LogP contribution >= 0.6 is 0 Å². The largest absolute Gasteiger partial charge is 0.497 e. The monoisotopic (exact) mass is 427 g/mol. The molecular weight excluding hydrogens is 402 g/mol. The van der Waals surface area contributed by atoms with E-state index >= 15 is 0 Å². The Balaban J connectivity index is 1.67. The molecule has 162 valence electrons. The quantitative estimate of drug-likeness (QED) is 0.358. The van der Waals surface area contributed by atoms with Crippen LogP contribution < -0.4 is 14.8 Å². The number of carbonyl (C=O) groups is 1. The van der Waals surface area contributed by atoms with E-state index in [0.29, 0.717) is 11.4 Å². The lowest BCUT2D eigenvalue weighted by Gasteiger charge is -2.10. The standard InChI is InChI=1S/C27H25NO4/c1-17-5-7-19(8-6-17)24-16-32-26-15-25(31-4)22(14-23(24)26)18(2)13-27(29)28-20-9-11-21(30-3)12-10-20/h5-16H,1-4H3,(H,28,29)/b18-13+. The second-order valence-electron chi connectivity index (χ2n) is 7.61. The van der Waals surface area contributed by atoms with Crippen LogP contribution in [0.25, 0.3) is 27.7 Å². The van der Waals surface area contributed by atoms with E-state index in [4.69, 9.17) is 13.9 Å². The van der Waals surface area contributed by atoms with Crippen LogP contribution in [0.3, 0.4) is 0 Å². The third-order valence-corrected chi connectivity index (χ3v) is 5.39. The molecule has 0 unspecified atom stereocenters. The number of ether oxygens (including phenoxy) is 2. The SMILES string of the molecule is COc1ccc(NC(=O)/C=C(\C)c2cc3c(-c4ccc(C)cc4)coc3cc2OC)cc1. The van der Waals surface area contributed by atoms with Crippen molar-refractivity contribution < 1.29 is 18.7 Å². The molecule has 0 aliphatic rings. The third kappa shape index (κ3) is 4.37. The van der Waals surface area contributed by atoms with Gasteiger partial charge in [-0.1, -0.05) is 29.8 Å². The van der Waals surface area contributed by atoms with Crippen molar-refractivity contribution in [3.8, 4) is 22.6 Å². The van der Waals surface area contributed by atoms with Gasteiger partial charge in [0.05, 0.1) is 20.5 Å². The van der Waals surface area contributed by atoms with E-state index in [1.54, 1.807) is 50.8 Å². The number of hydrogen-bond donors (Lipinski definition) is 1. The molecule has 0 spiro atoms. The summed E-state index contributed by atoms with van der Waals surface area (Å²) in [5, 5.41) is 3.84. The fourth-order valence-corrected chi connectivity index (χ4v) is 3.62. The molecule has 0 saturated heterocycles. The van der Waals surface area contributed by atoms with E-state index in [9.17, 15) is 4.79 Å². The van der Waals surface area contributed by atoms with Crippen LogP contribution in [-0.2, 0) is 4.79 Å². The first-order valence-electron chi connectivity index (χ1n) is 10.3. The van der Waals surface area contributed by atoms with Gasteiger partial charge in [-0.05, 0) is 55.3 Å². The Morgan fingerprint density at radius 3 is 2.34 bits per heavy atom. The van der Waals surface area contributed by atoms with Gasteiger partial charge < -0.3 is 19.2 Å². The highest BCUT2D eigenvalue weighted by atomic mass is 16.5. The molecule has 4 aromatic rings. The molecule has 0 fully saturated rings. The number of anilines is 1. The van der Waals surface area contributed by atoms with Gasteiger partial charge in [-0.15, -0.1) is 0 Å². The Kier molecular flexibility index (Phi) is 5.99. The molecule has 0 radical (unpaired) electrons. The van der Waals surface area contributed by atoms with E-state index in [2.05, 4.69) is 36.5 Å². The Labute approximate surface area is 187 Å². The summed E-state index contributed by atoms with van der Waals surface area (Å²) in [6, 6.07) is 19.4. The molecule has 32 heavy (non-hydrogen) atoms. The van der Waals surface area contributed by atoms with Crippen LogP contribution in [0.2, 0.25) is 0 Å². The summed E-state index contributed by atoms with van der Waals surface area (Å²) in [4.78, 5) is 12.6. The highest BCUT2D eigenvalue weighted by Gasteiger charge is 2.15. The lowest BCUT2D eigenvalue weighted by molar-refractivity contribution is -0.111. The van der Waals surface area contributed by atoms with Gasteiger partial charge in [-0.2, -0.15) is 0 Å². The first-order valence-corrected chi connectivity index (χ1v) is 10.3. The van der Waals surface area contributed by atoms with Crippen molar-refractivity contribution in [3.63, 3.8) is 0 Å². The lowest BCUT2D eigenvalue weighted by atomic mass is 9.99. The number of benzene rings is 3. The normalized spacial score (nSPS) is 11.4. The fraction of sp³-hybridized carbons (Fsp3) is 0.148. The average molecular weight is 428 g/mol. The Bertz CT molecular complexity index is 1280. The zero-order valence-electron chi connectivity index (χ0n) is 18.6. The van der Waals surface area contributed by atoms with Gasteiger partial charge in [-0.25, -0.2) is 0 Å². The van der Waals surface area contributed by atoms with Gasteiger partial charge in [0.1, 0.15) is 17.1 Å². The van der Waals surface area contributed by atoms with Gasteiger partial charge >= 0.3 is 0 Å². The fourth-order valence-electron chi connectivity index (χ4n) is 3.62. The lowest BCUT2D eigenvalue weighted by Crippen LogP contribution is -2.08. The second-order valence-corrected chi connectivity index (χ2v) is 7.61. The van der Waals surface area contributed by atoms with Crippen LogP contribution in [0, 0.1) is 6.92 Å². The highest BCUT2D eigenvalue weighted by molar-refractivity contribution is 6.05. The molecule has 0 aliphatic carbocycles. The van der Waals surface area contributed by atoms with Crippen LogP contribution in [0.5, 0.6) is 11.5 Å². The maximum atomic E-state index is 12.6. The number of allylic oxidation sites excluding steroid dienone is 1. The zero-order chi connectivity index (χ0) is 22.7. The molecule has 0 saturated carbocycles. The van der Waals surface area contributed by atoms with Gasteiger partial charge in [0.15, 0.2) is 0 Å². The highest BCUT2D eigenvalue weighted by Crippen LogP contribution is 2.37. The van der Waals surface area contributed by atoms with Crippen molar-refractivity contribution in [2.45, 2.75) is 13.8 Å². The van der Waals surface area contributed by atoms with Gasteiger partial charge in [0.25, 0.3) is 0 Å². The summed E-state index contributed by atoms with van der Waals surface area (Å²) in [7, 11) is 3.22. The number of methoxy groups -OCH3 is 2. The first kappa shape index (κ1) is 21.2. The van der Waals surface area contributed by atoms with Crippen LogP contribution in [-0.4, -0.2) is 20.1 Å². The molecule has 1 aromatic heterocycles. The van der Waals surface area contributed by atoms with Crippen molar-refractivity contribution in [3.05, 3.63) is 84.1 Å². The molecule has 4 rings (SSSR count). The van der Waals surface area contributed by atoms with E-state index in [1.807, 2.05) is 19.1 Å². The van der Waals surface area contributed by atoms with Crippen molar-refractivity contribution in [1.29, 1.82) is 0 Å². The van der Waals surface area contributed by atoms with E-state index < -0.39 is 0 Å². The minimum Gasteiger partial charge on any atom is -0.497 e. The summed E-state index contributed by atoms with van der Waals surface area (Å²) in [5.41, 5.74) is 6.31. The summed E-state index contributed by atoms with van der Waals surface area (Å²) in [6.07, 6.45) is 3.33. The number of fused-ring (bicyclic) bond motifs is 1. The molecule has 3 aromatic carbocycles. The summed E-state index contributed by atoms with van der Waals surface area (Å²) in [6.45, 7) is 3.95. The molecule has 5 nitrogen and oxygen atoms in total. The van der Waals surface area contributed by atoms with E-state index in [1.165, 1.54) is 5.56 Å².